The highest BCUT2D eigenvalue weighted by atomic mass is 127. The summed E-state index contributed by atoms with van der Waals surface area (Å²) in [6, 6.07) is 18.3. The van der Waals surface area contributed by atoms with Crippen molar-refractivity contribution >= 4 is 22.6 Å². The van der Waals surface area contributed by atoms with Crippen molar-refractivity contribution in [1.82, 2.24) is 5.32 Å². The molecule has 2 aromatic carbocycles. The molecule has 0 unspecified atom stereocenters. The Hall–Kier alpha value is -0.910. The fourth-order valence-electron chi connectivity index (χ4n) is 1.85. The maximum atomic E-state index is 9.46. The number of rotatable bonds is 5. The first kappa shape index (κ1) is 13.5. The van der Waals surface area contributed by atoms with Gasteiger partial charge < -0.3 is 10.4 Å². The zero-order valence-electron chi connectivity index (χ0n) is 10.0. The van der Waals surface area contributed by atoms with Crippen LogP contribution in [-0.2, 0) is 6.54 Å². The lowest BCUT2D eigenvalue weighted by Crippen LogP contribution is -2.24. The molecule has 0 aliphatic heterocycles. The van der Waals surface area contributed by atoms with Gasteiger partial charge in [-0.3, -0.25) is 0 Å². The predicted molar refractivity (Wildman–Crippen MR) is 82.3 cm³/mol. The van der Waals surface area contributed by atoms with Crippen molar-refractivity contribution in [2.75, 3.05) is 6.61 Å². The second-order valence-corrected chi connectivity index (χ2v) is 5.28. The van der Waals surface area contributed by atoms with Gasteiger partial charge in [-0.25, -0.2) is 0 Å². The molecule has 2 aromatic rings. The van der Waals surface area contributed by atoms with Gasteiger partial charge >= 0.3 is 0 Å². The van der Waals surface area contributed by atoms with E-state index in [1.807, 2.05) is 42.5 Å². The zero-order chi connectivity index (χ0) is 12.8. The zero-order valence-corrected chi connectivity index (χ0v) is 12.2. The van der Waals surface area contributed by atoms with E-state index in [4.69, 9.17) is 0 Å². The monoisotopic (exact) mass is 353 g/mol. The van der Waals surface area contributed by atoms with Gasteiger partial charge in [0.15, 0.2) is 0 Å². The molecule has 0 aromatic heterocycles. The number of nitrogens with one attached hydrogen (secondary N) is 1. The molecule has 0 amide bonds. The van der Waals surface area contributed by atoms with Crippen LogP contribution in [0.2, 0.25) is 0 Å². The Balaban J connectivity index is 2.02. The molecule has 0 aliphatic rings. The first-order valence-corrected chi connectivity index (χ1v) is 7.01. The largest absolute Gasteiger partial charge is 0.394 e. The van der Waals surface area contributed by atoms with Crippen molar-refractivity contribution in [3.8, 4) is 0 Å². The smallest absolute Gasteiger partial charge is 0.0626 e. The summed E-state index contributed by atoms with van der Waals surface area (Å²) in [6.45, 7) is 0.868. The lowest BCUT2D eigenvalue weighted by Gasteiger charge is -2.17. The summed E-state index contributed by atoms with van der Waals surface area (Å²) < 4.78 is 1.24. The number of benzene rings is 2. The van der Waals surface area contributed by atoms with Crippen LogP contribution in [0.1, 0.15) is 17.2 Å². The highest BCUT2D eigenvalue weighted by Crippen LogP contribution is 2.15. The van der Waals surface area contributed by atoms with Crippen LogP contribution in [0, 0.1) is 3.57 Å². The molecule has 18 heavy (non-hydrogen) atoms. The van der Waals surface area contributed by atoms with Gasteiger partial charge in [-0.2, -0.15) is 0 Å². The van der Waals surface area contributed by atoms with Gasteiger partial charge in [0, 0.05) is 10.1 Å². The Morgan fingerprint density at radius 2 is 1.67 bits per heavy atom. The minimum Gasteiger partial charge on any atom is -0.394 e. The van der Waals surface area contributed by atoms with Crippen molar-refractivity contribution in [2.24, 2.45) is 0 Å². The van der Waals surface area contributed by atoms with Gasteiger partial charge in [0.1, 0.15) is 0 Å². The SMILES string of the molecule is OC[C@H](NCc1ccccc1I)c1ccccc1. The third kappa shape index (κ3) is 3.54. The van der Waals surface area contributed by atoms with E-state index < -0.39 is 0 Å². The average Bonchev–Trinajstić information content (AvgIpc) is 2.42. The van der Waals surface area contributed by atoms with E-state index in [1.54, 1.807) is 0 Å². The summed E-state index contributed by atoms with van der Waals surface area (Å²) in [5.74, 6) is 0. The molecule has 0 fully saturated rings. The van der Waals surface area contributed by atoms with E-state index in [0.717, 1.165) is 12.1 Å². The number of aliphatic hydroxyl groups is 1. The molecule has 2 N–H and O–H groups in total. The van der Waals surface area contributed by atoms with E-state index in [2.05, 4.69) is 40.0 Å². The highest BCUT2D eigenvalue weighted by Gasteiger charge is 2.09. The maximum absolute atomic E-state index is 9.46. The second-order valence-electron chi connectivity index (χ2n) is 4.12. The molecule has 0 radical (unpaired) electrons. The Labute approximate surface area is 121 Å². The summed E-state index contributed by atoms with van der Waals surface area (Å²) in [5, 5.41) is 12.9. The molecule has 0 spiro atoms. The molecule has 1 atom stereocenters. The third-order valence-electron chi connectivity index (χ3n) is 2.88. The van der Waals surface area contributed by atoms with Crippen molar-refractivity contribution in [3.63, 3.8) is 0 Å². The minimum absolute atomic E-state index is 0.0118. The van der Waals surface area contributed by atoms with Crippen LogP contribution >= 0.6 is 22.6 Å². The van der Waals surface area contributed by atoms with Crippen LogP contribution in [0.15, 0.2) is 54.6 Å². The molecular weight excluding hydrogens is 337 g/mol. The summed E-state index contributed by atoms with van der Waals surface area (Å²) in [4.78, 5) is 0. The van der Waals surface area contributed by atoms with Gasteiger partial charge in [-0.15, -0.1) is 0 Å². The Bertz CT molecular complexity index is 487. The van der Waals surface area contributed by atoms with E-state index in [9.17, 15) is 5.11 Å². The van der Waals surface area contributed by atoms with Crippen LogP contribution in [0.4, 0.5) is 0 Å². The van der Waals surface area contributed by atoms with Crippen LogP contribution in [0.25, 0.3) is 0 Å². The average molecular weight is 353 g/mol. The van der Waals surface area contributed by atoms with Crippen molar-refractivity contribution in [3.05, 3.63) is 69.3 Å². The Morgan fingerprint density at radius 1 is 1.00 bits per heavy atom. The number of hydrogen-bond donors (Lipinski definition) is 2. The van der Waals surface area contributed by atoms with Gasteiger partial charge in [0.25, 0.3) is 0 Å². The molecule has 2 nitrogen and oxygen atoms in total. The van der Waals surface area contributed by atoms with Crippen LogP contribution in [0.3, 0.4) is 0 Å². The first-order valence-electron chi connectivity index (χ1n) is 5.94. The quantitative estimate of drug-likeness (QED) is 0.810. The minimum atomic E-state index is -0.0118. The van der Waals surface area contributed by atoms with E-state index in [-0.39, 0.29) is 12.6 Å². The summed E-state index contributed by atoms with van der Waals surface area (Å²) in [7, 11) is 0. The predicted octanol–water partition coefficient (Wildman–Crippen LogP) is 3.11. The first-order chi connectivity index (χ1) is 8.81. The number of hydrogen-bond acceptors (Lipinski definition) is 2. The van der Waals surface area contributed by atoms with Gasteiger partial charge in [-0.1, -0.05) is 48.5 Å². The lowest BCUT2D eigenvalue weighted by atomic mass is 10.1. The van der Waals surface area contributed by atoms with Crippen molar-refractivity contribution < 1.29 is 5.11 Å². The summed E-state index contributed by atoms with van der Waals surface area (Å²) >= 11 is 2.33. The van der Waals surface area contributed by atoms with Gasteiger partial charge in [-0.05, 0) is 39.8 Å². The van der Waals surface area contributed by atoms with Crippen molar-refractivity contribution in [2.45, 2.75) is 12.6 Å². The highest BCUT2D eigenvalue weighted by molar-refractivity contribution is 14.1. The summed E-state index contributed by atoms with van der Waals surface area (Å²) in [5.41, 5.74) is 2.37. The van der Waals surface area contributed by atoms with E-state index in [0.29, 0.717) is 0 Å². The molecule has 0 aliphatic carbocycles. The Morgan fingerprint density at radius 3 is 2.33 bits per heavy atom. The molecular formula is C15H16INO. The molecule has 94 valence electrons. The van der Waals surface area contributed by atoms with Crippen LogP contribution < -0.4 is 5.32 Å². The van der Waals surface area contributed by atoms with Gasteiger partial charge in [0.05, 0.1) is 12.6 Å². The van der Waals surface area contributed by atoms with Crippen LogP contribution in [-0.4, -0.2) is 11.7 Å². The molecule has 3 heteroatoms. The Kier molecular flexibility index (Phi) is 5.16. The van der Waals surface area contributed by atoms with Crippen LogP contribution in [0.5, 0.6) is 0 Å². The topological polar surface area (TPSA) is 32.3 Å². The standard InChI is InChI=1S/C15H16INO/c16-14-9-5-4-8-13(14)10-17-15(11-18)12-6-2-1-3-7-12/h1-9,15,17-18H,10-11H2/t15-/m0/s1. The summed E-state index contributed by atoms with van der Waals surface area (Å²) in [6.07, 6.45) is 0. The van der Waals surface area contributed by atoms with Crippen molar-refractivity contribution in [1.29, 1.82) is 0 Å². The fraction of sp³-hybridized carbons (Fsp3) is 0.200. The van der Waals surface area contributed by atoms with E-state index >= 15 is 0 Å². The number of halogens is 1. The number of aliphatic hydroxyl groups excluding tert-OH is 1. The molecule has 0 saturated heterocycles. The lowest BCUT2D eigenvalue weighted by molar-refractivity contribution is 0.243. The van der Waals surface area contributed by atoms with Gasteiger partial charge in [0.2, 0.25) is 0 Å². The third-order valence-corrected chi connectivity index (χ3v) is 3.93. The molecule has 0 saturated carbocycles. The fourth-order valence-corrected chi connectivity index (χ4v) is 2.43. The normalized spacial score (nSPS) is 12.3. The molecule has 2 rings (SSSR count). The second kappa shape index (κ2) is 6.87. The van der Waals surface area contributed by atoms with E-state index in [1.165, 1.54) is 9.13 Å². The molecule has 0 bridgehead atoms. The molecule has 0 heterocycles. The maximum Gasteiger partial charge on any atom is 0.0626 e.